The number of rotatable bonds is 9. The summed E-state index contributed by atoms with van der Waals surface area (Å²) in [4.78, 5) is 22.4. The van der Waals surface area contributed by atoms with Crippen molar-refractivity contribution in [3.05, 3.63) is 69.1 Å². The molecular weight excluding hydrogens is 432 g/mol. The second-order valence-electron chi connectivity index (χ2n) is 6.01. The predicted molar refractivity (Wildman–Crippen MR) is 112 cm³/mol. The molecule has 0 aliphatic carbocycles. The Morgan fingerprint density at radius 1 is 1.27 bits per heavy atom. The number of benzene rings is 2. The largest absolute Gasteiger partial charge is 0.484 e. The van der Waals surface area contributed by atoms with E-state index in [4.69, 9.17) is 20.8 Å². The second kappa shape index (κ2) is 10.1. The molecule has 0 spiro atoms. The number of carbonyl (C=O) groups is 1. The normalized spacial score (nSPS) is 10.6. The van der Waals surface area contributed by atoms with E-state index in [1.807, 2.05) is 24.3 Å². The van der Waals surface area contributed by atoms with Crippen LogP contribution < -0.4 is 10.1 Å². The Bertz CT molecular complexity index is 1040. The van der Waals surface area contributed by atoms with Gasteiger partial charge in [0.25, 0.3) is 16.8 Å². The quantitative estimate of drug-likeness (QED) is 0.288. The van der Waals surface area contributed by atoms with Gasteiger partial charge in [-0.05, 0) is 30.2 Å². The zero-order valence-electron chi connectivity index (χ0n) is 15.8. The first-order valence-electron chi connectivity index (χ1n) is 8.85. The molecule has 1 heterocycles. The summed E-state index contributed by atoms with van der Waals surface area (Å²) in [5.41, 5.74) is 1.20. The topological polar surface area (TPSA) is 120 Å². The van der Waals surface area contributed by atoms with Crippen LogP contribution in [0.15, 0.2) is 52.1 Å². The van der Waals surface area contributed by atoms with Crippen molar-refractivity contribution in [1.29, 1.82) is 0 Å². The van der Waals surface area contributed by atoms with Gasteiger partial charge in [0.15, 0.2) is 6.61 Å². The van der Waals surface area contributed by atoms with Crippen LogP contribution in [0.3, 0.4) is 0 Å². The van der Waals surface area contributed by atoms with Crippen molar-refractivity contribution in [1.82, 2.24) is 10.2 Å². The van der Waals surface area contributed by atoms with Gasteiger partial charge >= 0.3 is 0 Å². The Morgan fingerprint density at radius 3 is 2.73 bits per heavy atom. The van der Waals surface area contributed by atoms with Crippen molar-refractivity contribution in [3.8, 4) is 5.75 Å². The molecule has 1 N–H and O–H groups in total. The predicted octanol–water partition coefficient (Wildman–Crippen LogP) is 4.50. The number of hydrogen-bond acceptors (Lipinski definition) is 8. The van der Waals surface area contributed by atoms with Crippen molar-refractivity contribution >= 4 is 40.6 Å². The van der Waals surface area contributed by atoms with Crippen LogP contribution >= 0.6 is 23.4 Å². The van der Waals surface area contributed by atoms with Gasteiger partial charge in [0.1, 0.15) is 5.75 Å². The molecular formula is C19H17ClN4O5S. The van der Waals surface area contributed by atoms with Crippen molar-refractivity contribution in [2.75, 3.05) is 11.1 Å². The van der Waals surface area contributed by atoms with Crippen molar-refractivity contribution in [2.45, 2.75) is 25.2 Å². The lowest BCUT2D eigenvalue weighted by Gasteiger charge is -2.06. The number of nitro groups is 1. The summed E-state index contributed by atoms with van der Waals surface area (Å²) >= 11 is 7.00. The molecule has 0 atom stereocenters. The van der Waals surface area contributed by atoms with Gasteiger partial charge in [0.05, 0.1) is 21.4 Å². The Balaban J connectivity index is 1.49. The Morgan fingerprint density at radius 2 is 2.03 bits per heavy atom. The highest BCUT2D eigenvalue weighted by molar-refractivity contribution is 7.99. The molecule has 9 nitrogen and oxygen atoms in total. The van der Waals surface area contributed by atoms with Crippen LogP contribution in [-0.2, 0) is 17.8 Å². The van der Waals surface area contributed by atoms with Crippen molar-refractivity contribution in [2.24, 2.45) is 0 Å². The molecule has 0 saturated carbocycles. The minimum atomic E-state index is -0.569. The van der Waals surface area contributed by atoms with Gasteiger partial charge in [-0.25, -0.2) is 0 Å². The number of aromatic nitrogens is 2. The molecule has 1 amide bonds. The van der Waals surface area contributed by atoms with E-state index < -0.39 is 10.8 Å². The van der Waals surface area contributed by atoms with Gasteiger partial charge in [-0.15, -0.1) is 10.2 Å². The highest BCUT2D eigenvalue weighted by atomic mass is 35.5. The summed E-state index contributed by atoms with van der Waals surface area (Å²) in [5.74, 6) is 0.501. The molecule has 2 aromatic carbocycles. The summed E-state index contributed by atoms with van der Waals surface area (Å²) in [7, 11) is 0. The molecule has 0 bridgehead atoms. The molecule has 30 heavy (non-hydrogen) atoms. The fraction of sp³-hybridized carbons (Fsp3) is 0.211. The Kier molecular flexibility index (Phi) is 7.26. The van der Waals surface area contributed by atoms with E-state index in [1.54, 1.807) is 0 Å². The Labute approximate surface area is 180 Å². The van der Waals surface area contributed by atoms with Gasteiger partial charge in [-0.3, -0.25) is 14.9 Å². The molecule has 0 aliphatic rings. The number of nitrogens with one attached hydrogen (secondary N) is 1. The number of ether oxygens (including phenoxy) is 1. The summed E-state index contributed by atoms with van der Waals surface area (Å²) in [6.45, 7) is 2.18. The van der Waals surface area contributed by atoms with E-state index in [1.165, 1.54) is 23.8 Å². The maximum Gasteiger partial charge on any atom is 0.277 e. The number of aryl methyl sites for hydroxylation is 1. The third-order valence-electron chi connectivity index (χ3n) is 3.90. The van der Waals surface area contributed by atoms with Gasteiger partial charge < -0.3 is 14.5 Å². The number of nitrogens with zero attached hydrogens (tertiary/aromatic N) is 3. The van der Waals surface area contributed by atoms with Crippen LogP contribution in [0, 0.1) is 10.1 Å². The SMILES string of the molecule is CCc1ccc(OCc2nnc(SCC(=O)Nc3cc([N+](=O)[O-])ccc3Cl)o2)cc1. The number of non-ortho nitro benzene ring substituents is 1. The molecule has 0 fully saturated rings. The average Bonchev–Trinajstić information content (AvgIpc) is 3.20. The van der Waals surface area contributed by atoms with Crippen LogP contribution in [0.25, 0.3) is 0 Å². The highest BCUT2D eigenvalue weighted by Gasteiger charge is 2.14. The van der Waals surface area contributed by atoms with E-state index in [0.717, 1.165) is 18.2 Å². The zero-order valence-corrected chi connectivity index (χ0v) is 17.4. The van der Waals surface area contributed by atoms with Gasteiger partial charge in [-0.1, -0.05) is 42.4 Å². The summed E-state index contributed by atoms with van der Waals surface area (Å²) in [5, 5.41) is 21.5. The second-order valence-corrected chi connectivity index (χ2v) is 7.34. The number of halogens is 1. The standard InChI is InChI=1S/C19H17ClN4O5S/c1-2-12-3-6-14(7-4-12)28-10-18-22-23-19(29-18)30-11-17(25)21-16-9-13(24(26)27)5-8-15(16)20/h3-9H,2,10-11H2,1H3,(H,21,25). The van der Waals surface area contributed by atoms with E-state index in [0.29, 0.717) is 5.75 Å². The molecule has 3 rings (SSSR count). The minimum Gasteiger partial charge on any atom is -0.484 e. The van der Waals surface area contributed by atoms with Crippen LogP contribution in [-0.4, -0.2) is 26.8 Å². The fourth-order valence-electron chi connectivity index (χ4n) is 2.36. The lowest BCUT2D eigenvalue weighted by atomic mass is 10.2. The summed E-state index contributed by atoms with van der Waals surface area (Å²) in [6.07, 6.45) is 0.950. The number of hydrogen-bond donors (Lipinski definition) is 1. The molecule has 11 heteroatoms. The number of thioether (sulfide) groups is 1. The summed E-state index contributed by atoms with van der Waals surface area (Å²) < 4.78 is 11.0. The maximum atomic E-state index is 12.1. The number of anilines is 1. The number of carbonyl (C=O) groups excluding carboxylic acids is 1. The lowest BCUT2D eigenvalue weighted by molar-refractivity contribution is -0.384. The molecule has 1 aromatic heterocycles. The highest BCUT2D eigenvalue weighted by Crippen LogP contribution is 2.27. The summed E-state index contributed by atoms with van der Waals surface area (Å²) in [6, 6.07) is 11.5. The molecule has 0 aliphatic heterocycles. The Hall–Kier alpha value is -3.11. The third kappa shape index (κ3) is 5.94. The molecule has 156 valence electrons. The third-order valence-corrected chi connectivity index (χ3v) is 5.05. The van der Waals surface area contributed by atoms with Crippen molar-refractivity contribution < 1.29 is 18.9 Å². The fourth-order valence-corrected chi connectivity index (χ4v) is 3.10. The molecule has 0 radical (unpaired) electrons. The van der Waals surface area contributed by atoms with Crippen LogP contribution in [0.2, 0.25) is 5.02 Å². The monoisotopic (exact) mass is 448 g/mol. The molecule has 3 aromatic rings. The first-order valence-corrected chi connectivity index (χ1v) is 10.2. The average molecular weight is 449 g/mol. The van der Waals surface area contributed by atoms with Gasteiger partial charge in [0, 0.05) is 12.1 Å². The minimum absolute atomic E-state index is 0.0417. The van der Waals surface area contributed by atoms with E-state index in [9.17, 15) is 14.9 Å². The molecule has 0 saturated heterocycles. The maximum absolute atomic E-state index is 12.1. The van der Waals surface area contributed by atoms with E-state index >= 15 is 0 Å². The van der Waals surface area contributed by atoms with E-state index in [-0.39, 0.29) is 39.9 Å². The van der Waals surface area contributed by atoms with Gasteiger partial charge in [0.2, 0.25) is 5.91 Å². The van der Waals surface area contributed by atoms with Crippen molar-refractivity contribution in [3.63, 3.8) is 0 Å². The smallest absolute Gasteiger partial charge is 0.277 e. The van der Waals surface area contributed by atoms with Gasteiger partial charge in [-0.2, -0.15) is 0 Å². The van der Waals surface area contributed by atoms with E-state index in [2.05, 4.69) is 22.4 Å². The lowest BCUT2D eigenvalue weighted by Crippen LogP contribution is -2.14. The van der Waals surface area contributed by atoms with Crippen LogP contribution in [0.4, 0.5) is 11.4 Å². The zero-order chi connectivity index (χ0) is 21.5. The first kappa shape index (κ1) is 21.6. The first-order chi connectivity index (χ1) is 14.4. The molecule has 0 unspecified atom stereocenters. The number of nitro benzene ring substituents is 1. The van der Waals surface area contributed by atoms with Crippen LogP contribution in [0.5, 0.6) is 5.75 Å². The van der Waals surface area contributed by atoms with Crippen LogP contribution in [0.1, 0.15) is 18.4 Å². The number of amides is 1.